The van der Waals surface area contributed by atoms with E-state index in [0.29, 0.717) is 13.1 Å². The molecule has 5 heteroatoms. The summed E-state index contributed by atoms with van der Waals surface area (Å²) in [7, 11) is 0. The molecular formula is C17H23N3O2. The molecule has 22 heavy (non-hydrogen) atoms. The van der Waals surface area contributed by atoms with Crippen molar-refractivity contribution in [1.29, 1.82) is 5.26 Å². The maximum atomic E-state index is 12.0. The van der Waals surface area contributed by atoms with Crippen LogP contribution in [0.2, 0.25) is 0 Å². The van der Waals surface area contributed by atoms with Gasteiger partial charge < -0.3 is 9.64 Å². The molecule has 1 saturated heterocycles. The van der Waals surface area contributed by atoms with Gasteiger partial charge in [-0.05, 0) is 32.4 Å². The Morgan fingerprint density at radius 3 is 2.45 bits per heavy atom. The molecule has 1 aliphatic rings. The minimum Gasteiger partial charge on any atom is -0.444 e. The summed E-state index contributed by atoms with van der Waals surface area (Å²) in [5, 5.41) is 9.13. The number of amides is 1. The third-order valence-electron chi connectivity index (χ3n) is 3.56. The van der Waals surface area contributed by atoms with E-state index in [4.69, 9.17) is 10.00 Å². The van der Waals surface area contributed by atoms with Crippen molar-refractivity contribution >= 4 is 6.09 Å². The number of nitriles is 1. The first-order valence-corrected chi connectivity index (χ1v) is 7.57. The van der Waals surface area contributed by atoms with Gasteiger partial charge in [-0.15, -0.1) is 0 Å². The molecule has 2 rings (SSSR count). The predicted molar refractivity (Wildman–Crippen MR) is 84.2 cm³/mol. The minimum absolute atomic E-state index is 0.246. The fourth-order valence-electron chi connectivity index (χ4n) is 2.42. The van der Waals surface area contributed by atoms with Crippen LogP contribution in [0.1, 0.15) is 31.9 Å². The molecule has 1 fully saturated rings. The third-order valence-corrected chi connectivity index (χ3v) is 3.56. The Morgan fingerprint density at radius 1 is 1.23 bits per heavy atom. The summed E-state index contributed by atoms with van der Waals surface area (Å²) in [5.41, 5.74) is 1.30. The Labute approximate surface area is 132 Å². The van der Waals surface area contributed by atoms with Gasteiger partial charge in [0.1, 0.15) is 5.60 Å². The van der Waals surface area contributed by atoms with Crippen LogP contribution < -0.4 is 0 Å². The fraction of sp³-hybridized carbons (Fsp3) is 0.529. The van der Waals surface area contributed by atoms with Gasteiger partial charge in [-0.2, -0.15) is 5.26 Å². The maximum Gasteiger partial charge on any atom is 0.410 e. The van der Waals surface area contributed by atoms with Crippen LogP contribution in [0.4, 0.5) is 4.79 Å². The van der Waals surface area contributed by atoms with Gasteiger partial charge in [0.25, 0.3) is 0 Å². The number of carbonyl (C=O) groups is 1. The second-order valence-corrected chi connectivity index (χ2v) is 6.51. The zero-order chi connectivity index (χ0) is 16.2. The fourth-order valence-corrected chi connectivity index (χ4v) is 2.42. The quantitative estimate of drug-likeness (QED) is 0.842. The second-order valence-electron chi connectivity index (χ2n) is 6.51. The van der Waals surface area contributed by atoms with E-state index < -0.39 is 5.60 Å². The standard InChI is InChI=1S/C17H23N3O2/c1-17(2,3)22-16(21)20-10-8-19(9-11-20)13-15-7-5-4-6-14(15)12-18/h4-7H,8-11,13H2,1-3H3. The summed E-state index contributed by atoms with van der Waals surface area (Å²) >= 11 is 0. The molecule has 1 aromatic rings. The van der Waals surface area contributed by atoms with Gasteiger partial charge in [0, 0.05) is 32.7 Å². The van der Waals surface area contributed by atoms with E-state index in [0.717, 1.165) is 30.8 Å². The summed E-state index contributed by atoms with van der Waals surface area (Å²) in [4.78, 5) is 16.0. The lowest BCUT2D eigenvalue weighted by Crippen LogP contribution is -2.49. The van der Waals surface area contributed by atoms with E-state index in [1.54, 1.807) is 4.90 Å². The molecule has 0 radical (unpaired) electrons. The largest absolute Gasteiger partial charge is 0.444 e. The smallest absolute Gasteiger partial charge is 0.410 e. The molecule has 1 aliphatic heterocycles. The second kappa shape index (κ2) is 6.80. The van der Waals surface area contributed by atoms with Gasteiger partial charge in [-0.1, -0.05) is 18.2 Å². The Kier molecular flexibility index (Phi) is 5.04. The lowest BCUT2D eigenvalue weighted by molar-refractivity contribution is 0.0139. The molecule has 0 unspecified atom stereocenters. The number of hydrogen-bond acceptors (Lipinski definition) is 4. The number of piperazine rings is 1. The Hall–Kier alpha value is -2.06. The van der Waals surface area contributed by atoms with Crippen molar-refractivity contribution in [3.8, 4) is 6.07 Å². The number of hydrogen-bond donors (Lipinski definition) is 0. The molecule has 1 aromatic carbocycles. The summed E-state index contributed by atoms with van der Waals surface area (Å²) in [6.07, 6.45) is -0.246. The van der Waals surface area contributed by atoms with Crippen molar-refractivity contribution in [2.24, 2.45) is 0 Å². The van der Waals surface area contributed by atoms with Crippen LogP contribution >= 0.6 is 0 Å². The molecule has 0 N–H and O–H groups in total. The monoisotopic (exact) mass is 301 g/mol. The van der Waals surface area contributed by atoms with E-state index in [9.17, 15) is 4.79 Å². The summed E-state index contributed by atoms with van der Waals surface area (Å²) in [6.45, 7) is 9.26. The highest BCUT2D eigenvalue weighted by Gasteiger charge is 2.25. The van der Waals surface area contributed by atoms with Gasteiger partial charge >= 0.3 is 6.09 Å². The molecule has 118 valence electrons. The van der Waals surface area contributed by atoms with E-state index in [1.165, 1.54) is 0 Å². The van der Waals surface area contributed by atoms with Crippen molar-refractivity contribution in [1.82, 2.24) is 9.80 Å². The summed E-state index contributed by atoms with van der Waals surface area (Å²) < 4.78 is 5.39. The van der Waals surface area contributed by atoms with Crippen LogP contribution in [0.5, 0.6) is 0 Å². The first-order chi connectivity index (χ1) is 10.4. The van der Waals surface area contributed by atoms with E-state index in [1.807, 2.05) is 45.0 Å². The molecule has 0 saturated carbocycles. The van der Waals surface area contributed by atoms with E-state index in [-0.39, 0.29) is 6.09 Å². The molecule has 0 atom stereocenters. The van der Waals surface area contributed by atoms with Crippen molar-refractivity contribution < 1.29 is 9.53 Å². The van der Waals surface area contributed by atoms with Crippen molar-refractivity contribution in [3.05, 3.63) is 35.4 Å². The zero-order valence-corrected chi connectivity index (χ0v) is 13.5. The van der Waals surface area contributed by atoms with Crippen LogP contribution in [0, 0.1) is 11.3 Å². The highest BCUT2D eigenvalue weighted by Crippen LogP contribution is 2.15. The average molecular weight is 301 g/mol. The van der Waals surface area contributed by atoms with Gasteiger partial charge in [0.05, 0.1) is 11.6 Å². The predicted octanol–water partition coefficient (Wildman–Crippen LogP) is 2.61. The molecule has 0 bridgehead atoms. The average Bonchev–Trinajstić information content (AvgIpc) is 2.47. The molecule has 0 aromatic heterocycles. The first kappa shape index (κ1) is 16.3. The normalized spacial score (nSPS) is 16.2. The minimum atomic E-state index is -0.458. The third kappa shape index (κ3) is 4.47. The molecule has 0 spiro atoms. The molecular weight excluding hydrogens is 278 g/mol. The summed E-state index contributed by atoms with van der Waals surface area (Å²) in [5.74, 6) is 0. The SMILES string of the molecule is CC(C)(C)OC(=O)N1CCN(Cc2ccccc2C#N)CC1. The van der Waals surface area contributed by atoms with E-state index >= 15 is 0 Å². The Balaban J connectivity index is 1.88. The lowest BCUT2D eigenvalue weighted by atomic mass is 10.1. The number of ether oxygens (including phenoxy) is 1. The molecule has 5 nitrogen and oxygen atoms in total. The van der Waals surface area contributed by atoms with Crippen molar-refractivity contribution in [2.45, 2.75) is 32.9 Å². The number of benzene rings is 1. The Morgan fingerprint density at radius 2 is 1.86 bits per heavy atom. The highest BCUT2D eigenvalue weighted by atomic mass is 16.6. The first-order valence-electron chi connectivity index (χ1n) is 7.57. The van der Waals surface area contributed by atoms with Crippen molar-refractivity contribution in [3.63, 3.8) is 0 Å². The van der Waals surface area contributed by atoms with Crippen LogP contribution in [-0.4, -0.2) is 47.7 Å². The van der Waals surface area contributed by atoms with Gasteiger partial charge in [-0.25, -0.2) is 4.79 Å². The summed E-state index contributed by atoms with van der Waals surface area (Å²) in [6, 6.07) is 9.88. The van der Waals surface area contributed by atoms with Gasteiger partial charge in [-0.3, -0.25) is 4.90 Å². The molecule has 0 aliphatic carbocycles. The number of carbonyl (C=O) groups excluding carboxylic acids is 1. The van der Waals surface area contributed by atoms with Crippen LogP contribution in [-0.2, 0) is 11.3 Å². The zero-order valence-electron chi connectivity index (χ0n) is 13.5. The Bertz CT molecular complexity index is 564. The van der Waals surface area contributed by atoms with Crippen molar-refractivity contribution in [2.75, 3.05) is 26.2 Å². The molecule has 1 amide bonds. The van der Waals surface area contributed by atoms with Crippen LogP contribution in [0.25, 0.3) is 0 Å². The van der Waals surface area contributed by atoms with Gasteiger partial charge in [0.2, 0.25) is 0 Å². The number of rotatable bonds is 2. The maximum absolute atomic E-state index is 12.0. The lowest BCUT2D eigenvalue weighted by Gasteiger charge is -2.35. The number of nitrogens with zero attached hydrogens (tertiary/aromatic N) is 3. The van der Waals surface area contributed by atoms with Crippen LogP contribution in [0.15, 0.2) is 24.3 Å². The highest BCUT2D eigenvalue weighted by molar-refractivity contribution is 5.68. The van der Waals surface area contributed by atoms with Crippen LogP contribution in [0.3, 0.4) is 0 Å². The molecule has 1 heterocycles. The van der Waals surface area contributed by atoms with Gasteiger partial charge in [0.15, 0.2) is 0 Å². The topological polar surface area (TPSA) is 56.6 Å². The van der Waals surface area contributed by atoms with E-state index in [2.05, 4.69) is 11.0 Å².